The molecule has 2 heterocycles. The van der Waals surface area contributed by atoms with Crippen LogP contribution in [0.5, 0.6) is 0 Å². The summed E-state index contributed by atoms with van der Waals surface area (Å²) >= 11 is 1.51. The predicted molar refractivity (Wildman–Crippen MR) is 99.6 cm³/mol. The molecule has 0 radical (unpaired) electrons. The maximum atomic E-state index is 12.7. The van der Waals surface area contributed by atoms with Crippen LogP contribution in [0.3, 0.4) is 0 Å². The van der Waals surface area contributed by atoms with Crippen molar-refractivity contribution < 1.29 is 4.79 Å². The van der Waals surface area contributed by atoms with Crippen LogP contribution in [0, 0.1) is 12.8 Å². The van der Waals surface area contributed by atoms with Crippen molar-refractivity contribution in [2.75, 3.05) is 13.1 Å². The number of aryl methyl sites for hydroxylation is 1. The van der Waals surface area contributed by atoms with E-state index in [1.165, 1.54) is 16.9 Å². The number of rotatable bonds is 3. The van der Waals surface area contributed by atoms with Gasteiger partial charge in [-0.2, -0.15) is 0 Å². The molecule has 1 aromatic carbocycles. The number of benzene rings is 1. The molecular weight excluding hydrogens is 328 g/mol. The van der Waals surface area contributed by atoms with Gasteiger partial charge in [0.15, 0.2) is 0 Å². The van der Waals surface area contributed by atoms with E-state index in [4.69, 9.17) is 0 Å². The van der Waals surface area contributed by atoms with Gasteiger partial charge >= 0.3 is 0 Å². The number of amides is 1. The molecule has 2 atom stereocenters. The normalized spacial score (nSPS) is 20.6. The maximum absolute atomic E-state index is 12.7. The molecule has 1 amide bonds. The van der Waals surface area contributed by atoms with Gasteiger partial charge in [-0.15, -0.1) is 23.7 Å². The van der Waals surface area contributed by atoms with E-state index in [1.807, 2.05) is 11.4 Å². The van der Waals surface area contributed by atoms with E-state index in [0.717, 1.165) is 35.5 Å². The molecule has 1 aliphatic rings. The Bertz CT molecular complexity index is 653. The minimum atomic E-state index is 0. The Hall–Kier alpha value is -1.36. The first kappa shape index (κ1) is 18.0. The number of thiophene rings is 1. The van der Waals surface area contributed by atoms with Crippen LogP contribution in [-0.4, -0.2) is 25.0 Å². The van der Waals surface area contributed by atoms with Crippen molar-refractivity contribution in [2.45, 2.75) is 26.3 Å². The van der Waals surface area contributed by atoms with Crippen LogP contribution in [-0.2, 0) is 0 Å². The number of nitrogens with one attached hydrogen (secondary N) is 2. The maximum Gasteiger partial charge on any atom is 0.262 e. The van der Waals surface area contributed by atoms with Gasteiger partial charge in [-0.25, -0.2) is 0 Å². The molecule has 2 unspecified atom stereocenters. The fourth-order valence-electron chi connectivity index (χ4n) is 2.86. The van der Waals surface area contributed by atoms with Gasteiger partial charge in [0.25, 0.3) is 5.91 Å². The van der Waals surface area contributed by atoms with Gasteiger partial charge < -0.3 is 10.6 Å². The standard InChI is InChI=1S/C18H22N2OS.ClH/c1-12-3-5-14(6-4-12)15-8-10-22-17(15)18(21)20-16-11-19-9-7-13(16)2;/h3-6,8,10,13,16,19H,7,9,11H2,1-2H3,(H,20,21);1H. The first-order chi connectivity index (χ1) is 10.6. The second kappa shape index (κ2) is 7.95. The fourth-order valence-corrected chi connectivity index (χ4v) is 3.68. The molecule has 0 aliphatic carbocycles. The van der Waals surface area contributed by atoms with Crippen molar-refractivity contribution in [3.63, 3.8) is 0 Å². The Morgan fingerprint density at radius 3 is 2.70 bits per heavy atom. The highest BCUT2D eigenvalue weighted by atomic mass is 35.5. The second-order valence-electron chi connectivity index (χ2n) is 6.08. The summed E-state index contributed by atoms with van der Waals surface area (Å²) in [4.78, 5) is 13.5. The van der Waals surface area contributed by atoms with Gasteiger partial charge in [0.1, 0.15) is 0 Å². The molecule has 2 N–H and O–H groups in total. The summed E-state index contributed by atoms with van der Waals surface area (Å²) in [6, 6.07) is 10.6. The van der Waals surface area contributed by atoms with E-state index in [-0.39, 0.29) is 24.4 Å². The minimum Gasteiger partial charge on any atom is -0.347 e. The molecule has 3 rings (SSSR count). The number of halogens is 1. The van der Waals surface area contributed by atoms with Crippen LogP contribution < -0.4 is 10.6 Å². The van der Waals surface area contributed by atoms with Gasteiger partial charge in [0, 0.05) is 18.2 Å². The van der Waals surface area contributed by atoms with Crippen molar-refractivity contribution in [3.8, 4) is 11.1 Å². The fraction of sp³-hybridized carbons (Fsp3) is 0.389. The SMILES string of the molecule is Cc1ccc(-c2ccsc2C(=O)NC2CNCCC2C)cc1.Cl. The number of carbonyl (C=O) groups is 1. The first-order valence-electron chi connectivity index (χ1n) is 7.81. The van der Waals surface area contributed by atoms with Crippen LogP contribution in [0.2, 0.25) is 0 Å². The number of piperidine rings is 1. The van der Waals surface area contributed by atoms with Crippen molar-refractivity contribution in [1.29, 1.82) is 0 Å². The Kier molecular flexibility index (Phi) is 6.22. The Morgan fingerprint density at radius 1 is 1.26 bits per heavy atom. The summed E-state index contributed by atoms with van der Waals surface area (Å²) in [5.41, 5.74) is 3.36. The van der Waals surface area contributed by atoms with Crippen molar-refractivity contribution in [1.82, 2.24) is 10.6 Å². The highest BCUT2D eigenvalue weighted by molar-refractivity contribution is 7.12. The zero-order chi connectivity index (χ0) is 15.5. The second-order valence-corrected chi connectivity index (χ2v) is 7.00. The van der Waals surface area contributed by atoms with Gasteiger partial charge in [-0.05, 0) is 42.8 Å². The summed E-state index contributed by atoms with van der Waals surface area (Å²) < 4.78 is 0. The summed E-state index contributed by atoms with van der Waals surface area (Å²) in [5.74, 6) is 0.569. The highest BCUT2D eigenvalue weighted by Gasteiger charge is 2.24. The molecule has 1 fully saturated rings. The predicted octanol–water partition coefficient (Wildman–Crippen LogP) is 3.87. The Labute approximate surface area is 147 Å². The summed E-state index contributed by atoms with van der Waals surface area (Å²) in [6.07, 6.45) is 1.11. The third-order valence-corrected chi connectivity index (χ3v) is 5.29. The van der Waals surface area contributed by atoms with Crippen molar-refractivity contribution >= 4 is 29.7 Å². The Balaban J connectivity index is 0.00000192. The van der Waals surface area contributed by atoms with Crippen LogP contribution in [0.15, 0.2) is 35.7 Å². The average Bonchev–Trinajstić information content (AvgIpc) is 3.00. The van der Waals surface area contributed by atoms with E-state index in [9.17, 15) is 4.79 Å². The molecular formula is C18H23ClN2OS. The third-order valence-electron chi connectivity index (χ3n) is 4.38. The minimum absolute atomic E-state index is 0. The van der Waals surface area contributed by atoms with Gasteiger partial charge in [-0.1, -0.05) is 36.8 Å². The molecule has 124 valence electrons. The molecule has 0 saturated carbocycles. The van der Waals surface area contributed by atoms with E-state index in [2.05, 4.69) is 48.7 Å². The molecule has 1 saturated heterocycles. The largest absolute Gasteiger partial charge is 0.347 e. The summed E-state index contributed by atoms with van der Waals surface area (Å²) in [5, 5.41) is 8.55. The zero-order valence-corrected chi connectivity index (χ0v) is 15.1. The molecule has 1 aliphatic heterocycles. The molecule has 5 heteroatoms. The molecule has 23 heavy (non-hydrogen) atoms. The molecule has 1 aromatic heterocycles. The lowest BCUT2D eigenvalue weighted by atomic mass is 9.94. The van der Waals surface area contributed by atoms with Gasteiger partial charge in [0.05, 0.1) is 4.88 Å². The first-order valence-corrected chi connectivity index (χ1v) is 8.69. The molecule has 0 bridgehead atoms. The van der Waals surface area contributed by atoms with Crippen LogP contribution >= 0.6 is 23.7 Å². The van der Waals surface area contributed by atoms with E-state index in [0.29, 0.717) is 5.92 Å². The van der Waals surface area contributed by atoms with Crippen molar-refractivity contribution in [3.05, 3.63) is 46.2 Å². The quantitative estimate of drug-likeness (QED) is 0.882. The van der Waals surface area contributed by atoms with Crippen LogP contribution in [0.1, 0.15) is 28.6 Å². The molecule has 3 nitrogen and oxygen atoms in total. The smallest absolute Gasteiger partial charge is 0.262 e. The van der Waals surface area contributed by atoms with Crippen LogP contribution in [0.25, 0.3) is 11.1 Å². The van der Waals surface area contributed by atoms with E-state index < -0.39 is 0 Å². The third kappa shape index (κ3) is 4.14. The lowest BCUT2D eigenvalue weighted by Crippen LogP contribution is -2.50. The molecule has 0 spiro atoms. The topological polar surface area (TPSA) is 41.1 Å². The lowest BCUT2D eigenvalue weighted by molar-refractivity contribution is 0.0920. The zero-order valence-electron chi connectivity index (χ0n) is 13.5. The average molecular weight is 351 g/mol. The monoisotopic (exact) mass is 350 g/mol. The van der Waals surface area contributed by atoms with Crippen molar-refractivity contribution in [2.24, 2.45) is 5.92 Å². The number of hydrogen-bond donors (Lipinski definition) is 2. The summed E-state index contributed by atoms with van der Waals surface area (Å²) in [7, 11) is 0. The molecule has 2 aromatic rings. The van der Waals surface area contributed by atoms with Gasteiger partial charge in [0.2, 0.25) is 0 Å². The lowest BCUT2D eigenvalue weighted by Gasteiger charge is -2.30. The van der Waals surface area contributed by atoms with Crippen LogP contribution in [0.4, 0.5) is 0 Å². The highest BCUT2D eigenvalue weighted by Crippen LogP contribution is 2.29. The Morgan fingerprint density at radius 2 is 2.00 bits per heavy atom. The number of hydrogen-bond acceptors (Lipinski definition) is 3. The van der Waals surface area contributed by atoms with E-state index in [1.54, 1.807) is 0 Å². The number of carbonyl (C=O) groups excluding carboxylic acids is 1. The van der Waals surface area contributed by atoms with E-state index >= 15 is 0 Å². The van der Waals surface area contributed by atoms with Gasteiger partial charge in [-0.3, -0.25) is 4.79 Å². The summed E-state index contributed by atoms with van der Waals surface area (Å²) in [6.45, 7) is 6.18.